The van der Waals surface area contributed by atoms with Crippen molar-refractivity contribution in [2.75, 3.05) is 19.7 Å². The third-order valence-corrected chi connectivity index (χ3v) is 11.7. The smallest absolute Gasteiger partial charge is 0.313 e. The van der Waals surface area contributed by atoms with Crippen LogP contribution >= 0.6 is 15.9 Å². The molecular formula is C40H58BrN3O7. The second-order valence-corrected chi connectivity index (χ2v) is 17.5. The average Bonchev–Trinajstić information content (AvgIpc) is 3.66. The summed E-state index contributed by atoms with van der Waals surface area (Å²) in [5, 5.41) is 13.7. The number of halogens is 1. The molecular weight excluding hydrogens is 714 g/mol. The fourth-order valence-electron chi connectivity index (χ4n) is 8.74. The summed E-state index contributed by atoms with van der Waals surface area (Å²) >= 11 is 3.76. The Morgan fingerprint density at radius 2 is 1.84 bits per heavy atom. The summed E-state index contributed by atoms with van der Waals surface area (Å²) in [6, 6.07) is 7.39. The van der Waals surface area contributed by atoms with Gasteiger partial charge in [-0.2, -0.15) is 0 Å². The predicted octanol–water partition coefficient (Wildman–Crippen LogP) is 5.74. The number of hydrogen-bond acceptors (Lipinski definition) is 7. The number of rotatable bonds is 17. The third kappa shape index (κ3) is 8.31. The minimum absolute atomic E-state index is 0.0404. The van der Waals surface area contributed by atoms with Gasteiger partial charge in [0.25, 0.3) is 0 Å². The number of fused-ring (bicyclic) bond motifs is 1. The quantitative estimate of drug-likeness (QED) is 0.118. The average molecular weight is 773 g/mol. The fourth-order valence-corrected chi connectivity index (χ4v) is 9.68. The number of likely N-dealkylation sites (tertiary alicyclic amines) is 1. The number of allylic oxidation sites excluding steroid dienone is 1. The molecule has 1 aromatic rings. The lowest BCUT2D eigenvalue weighted by Gasteiger charge is -2.47. The van der Waals surface area contributed by atoms with Crippen LogP contribution in [-0.4, -0.2) is 92.4 Å². The normalized spacial score (nSPS) is 27.4. The van der Waals surface area contributed by atoms with Crippen LogP contribution in [0.3, 0.4) is 0 Å². The van der Waals surface area contributed by atoms with Gasteiger partial charge in [0, 0.05) is 23.3 Å². The maximum atomic E-state index is 15.2. The topological polar surface area (TPSA) is 125 Å². The number of aliphatic hydroxyl groups is 1. The number of hydrogen-bond donors (Lipinski definition) is 2. The lowest BCUT2D eigenvalue weighted by atomic mass is 9.70. The van der Waals surface area contributed by atoms with Gasteiger partial charge in [-0.15, -0.1) is 13.2 Å². The molecule has 282 valence electrons. The molecule has 3 aliphatic rings. The van der Waals surface area contributed by atoms with Crippen molar-refractivity contribution in [2.45, 2.75) is 121 Å². The summed E-state index contributed by atoms with van der Waals surface area (Å²) in [6.07, 6.45) is 4.24. The molecule has 4 rings (SSSR count). The lowest BCUT2D eigenvalue weighted by molar-refractivity contribution is -0.162. The van der Waals surface area contributed by atoms with E-state index in [2.05, 4.69) is 55.2 Å². The lowest BCUT2D eigenvalue weighted by Crippen LogP contribution is -2.63. The van der Waals surface area contributed by atoms with Gasteiger partial charge in [0.05, 0.1) is 37.1 Å². The molecule has 0 saturated carbocycles. The second kappa shape index (κ2) is 16.3. The van der Waals surface area contributed by atoms with Crippen LogP contribution in [0.15, 0.2) is 55.6 Å². The highest BCUT2D eigenvalue weighted by Crippen LogP contribution is 2.61. The fraction of sp³-hybridized carbons (Fsp3) is 0.650. The highest BCUT2D eigenvalue weighted by molar-refractivity contribution is 9.09. The predicted molar refractivity (Wildman–Crippen MR) is 201 cm³/mol. The molecule has 2 N–H and O–H groups in total. The number of nitrogens with zero attached hydrogens (tertiary/aromatic N) is 2. The molecule has 3 heterocycles. The van der Waals surface area contributed by atoms with Crippen molar-refractivity contribution in [1.29, 1.82) is 0 Å². The molecule has 0 aromatic heterocycles. The summed E-state index contributed by atoms with van der Waals surface area (Å²) in [7, 11) is 0. The number of esters is 1. The Morgan fingerprint density at radius 1 is 1.18 bits per heavy atom. The number of ether oxygens (including phenoxy) is 2. The molecule has 3 fully saturated rings. The summed E-state index contributed by atoms with van der Waals surface area (Å²) in [5.41, 5.74) is -1.39. The van der Waals surface area contributed by atoms with Crippen LogP contribution in [0, 0.1) is 23.2 Å². The van der Waals surface area contributed by atoms with Crippen LogP contribution in [0.4, 0.5) is 0 Å². The molecule has 9 atom stereocenters. The van der Waals surface area contributed by atoms with E-state index in [-0.39, 0.29) is 54.1 Å². The zero-order valence-corrected chi connectivity index (χ0v) is 33.0. The van der Waals surface area contributed by atoms with Crippen molar-refractivity contribution in [2.24, 2.45) is 23.2 Å². The standard InChI is InChI=1S/C40H58BrN3O7/c1-10-13-19-30(46)42-22-29(26-17-15-14-16-18-26)50-37(49)31-32-35(47)44(28(23-45)25(4)12-3)34(40(32)21-27(41)33(31)51-40)36(48)43(20-11-2)39(8,9)24-38(5,6)7/h10-11,14-18,25,27-29,31-34,45H,1-2,12-13,19-24H2,3-9H3,(H,42,46)/t25-,27?,28-,29-,31+,32-,33+,34+,40-/m0/s1. The van der Waals surface area contributed by atoms with Gasteiger partial charge < -0.3 is 29.7 Å². The maximum absolute atomic E-state index is 15.2. The van der Waals surface area contributed by atoms with Gasteiger partial charge in [0.2, 0.25) is 17.7 Å². The first kappa shape index (κ1) is 40.7. The van der Waals surface area contributed by atoms with E-state index >= 15 is 4.79 Å². The molecule has 3 amide bonds. The molecule has 3 aliphatic heterocycles. The Bertz CT molecular complexity index is 1440. The van der Waals surface area contributed by atoms with Crippen molar-refractivity contribution in [3.8, 4) is 0 Å². The van der Waals surface area contributed by atoms with Gasteiger partial charge in [0.1, 0.15) is 17.7 Å². The number of amides is 3. The van der Waals surface area contributed by atoms with Crippen LogP contribution in [0.1, 0.15) is 92.2 Å². The minimum Gasteiger partial charge on any atom is -0.455 e. The van der Waals surface area contributed by atoms with E-state index in [4.69, 9.17) is 9.47 Å². The molecule has 1 spiro atoms. The number of benzene rings is 1. The molecule has 1 unspecified atom stereocenters. The molecule has 0 aliphatic carbocycles. The van der Waals surface area contributed by atoms with E-state index in [9.17, 15) is 19.5 Å². The monoisotopic (exact) mass is 771 g/mol. The molecule has 10 nitrogen and oxygen atoms in total. The van der Waals surface area contributed by atoms with Crippen molar-refractivity contribution in [3.63, 3.8) is 0 Å². The molecule has 1 aromatic carbocycles. The first-order valence-corrected chi connectivity index (χ1v) is 19.2. The number of nitrogens with one attached hydrogen (secondary N) is 1. The third-order valence-electron chi connectivity index (χ3n) is 10.8. The van der Waals surface area contributed by atoms with E-state index in [1.165, 1.54) is 0 Å². The Hall–Kier alpha value is -3.02. The summed E-state index contributed by atoms with van der Waals surface area (Å²) in [6.45, 7) is 21.9. The SMILES string of the molecule is C=CCCC(=O)NC[C@H](OC(=O)[C@H]1[C@@H]2O[C@@]3(CC2Br)[C@@H]1C(=O)N([C@@H](CO)[C@@H](C)CC)[C@@H]3C(=O)N(CC=C)C(C)(C)CC(C)(C)C)c1ccccc1. The molecule has 2 bridgehead atoms. The van der Waals surface area contributed by atoms with E-state index < -0.39 is 59.1 Å². The zero-order valence-electron chi connectivity index (χ0n) is 31.4. The van der Waals surface area contributed by atoms with E-state index in [1.54, 1.807) is 22.0 Å². The summed E-state index contributed by atoms with van der Waals surface area (Å²) in [5.74, 6) is -3.69. The second-order valence-electron chi connectivity index (χ2n) is 16.3. The Kier molecular flexibility index (Phi) is 13.0. The number of alkyl halides is 1. The Balaban J connectivity index is 1.77. The van der Waals surface area contributed by atoms with E-state index in [0.29, 0.717) is 31.2 Å². The largest absolute Gasteiger partial charge is 0.455 e. The first-order chi connectivity index (χ1) is 24.0. The molecule has 51 heavy (non-hydrogen) atoms. The van der Waals surface area contributed by atoms with Crippen LogP contribution in [-0.2, 0) is 28.7 Å². The molecule has 11 heteroatoms. The van der Waals surface area contributed by atoms with Gasteiger partial charge in [0.15, 0.2) is 0 Å². The maximum Gasteiger partial charge on any atom is 0.313 e. The van der Waals surface area contributed by atoms with Crippen LogP contribution in [0.5, 0.6) is 0 Å². The zero-order chi connectivity index (χ0) is 37.9. The van der Waals surface area contributed by atoms with Gasteiger partial charge >= 0.3 is 5.97 Å². The van der Waals surface area contributed by atoms with Gasteiger partial charge in [-0.1, -0.05) is 99.5 Å². The van der Waals surface area contributed by atoms with Gasteiger partial charge in [-0.25, -0.2) is 0 Å². The van der Waals surface area contributed by atoms with E-state index in [0.717, 1.165) is 0 Å². The van der Waals surface area contributed by atoms with Crippen molar-refractivity contribution in [1.82, 2.24) is 15.1 Å². The molecule has 3 saturated heterocycles. The van der Waals surface area contributed by atoms with Crippen molar-refractivity contribution >= 4 is 39.6 Å². The minimum atomic E-state index is -1.34. The van der Waals surface area contributed by atoms with Crippen LogP contribution in [0.2, 0.25) is 0 Å². The highest BCUT2D eigenvalue weighted by atomic mass is 79.9. The van der Waals surface area contributed by atoms with Crippen molar-refractivity contribution in [3.05, 3.63) is 61.2 Å². The molecule has 0 radical (unpaired) electrons. The number of aliphatic hydroxyl groups excluding tert-OH is 1. The van der Waals surface area contributed by atoms with Crippen LogP contribution in [0.25, 0.3) is 0 Å². The summed E-state index contributed by atoms with van der Waals surface area (Å²) < 4.78 is 13.0. The number of carbonyl (C=O) groups is 4. The first-order valence-electron chi connectivity index (χ1n) is 18.3. The summed E-state index contributed by atoms with van der Waals surface area (Å²) in [4.78, 5) is 60.1. The Labute approximate surface area is 312 Å². The highest BCUT2D eigenvalue weighted by Gasteiger charge is 2.78. The van der Waals surface area contributed by atoms with Crippen LogP contribution < -0.4 is 5.32 Å². The van der Waals surface area contributed by atoms with E-state index in [1.807, 2.05) is 58.0 Å². The van der Waals surface area contributed by atoms with Gasteiger partial charge in [-0.05, 0) is 50.0 Å². The Morgan fingerprint density at radius 3 is 2.41 bits per heavy atom. The number of carbonyl (C=O) groups excluding carboxylic acids is 4. The van der Waals surface area contributed by atoms with Gasteiger partial charge in [-0.3, -0.25) is 19.2 Å². The van der Waals surface area contributed by atoms with Crippen molar-refractivity contribution < 1.29 is 33.8 Å².